The van der Waals surface area contributed by atoms with E-state index in [4.69, 9.17) is 4.74 Å². The van der Waals surface area contributed by atoms with Crippen molar-refractivity contribution in [2.75, 3.05) is 19.7 Å². The smallest absolute Gasteiger partial charge is 0.422 e. The number of benzene rings is 1. The molecule has 2 saturated carbocycles. The molecule has 5 amide bonds. The highest BCUT2D eigenvalue weighted by molar-refractivity contribution is 7.91. The summed E-state index contributed by atoms with van der Waals surface area (Å²) >= 11 is 0. The Bertz CT molecular complexity index is 1720. The molecule has 0 aromatic heterocycles. The lowest BCUT2D eigenvalue weighted by molar-refractivity contribution is -0.160. The summed E-state index contributed by atoms with van der Waals surface area (Å²) in [6.07, 6.45) is -0.879. The van der Waals surface area contributed by atoms with Gasteiger partial charge in [0.05, 0.1) is 11.8 Å². The third-order valence-electron chi connectivity index (χ3n) is 10.2. The number of amides is 5. The van der Waals surface area contributed by atoms with Crippen LogP contribution in [-0.2, 0) is 46.8 Å². The van der Waals surface area contributed by atoms with Crippen LogP contribution in [0, 0.1) is 5.92 Å². The van der Waals surface area contributed by atoms with Crippen LogP contribution in [-0.4, -0.2) is 103 Å². The second-order valence-electron chi connectivity index (χ2n) is 14.1. The van der Waals surface area contributed by atoms with Gasteiger partial charge in [0.2, 0.25) is 21.8 Å². The Morgan fingerprint density at radius 2 is 1.79 bits per heavy atom. The molecule has 3 fully saturated rings. The van der Waals surface area contributed by atoms with Crippen LogP contribution in [0.2, 0.25) is 0 Å². The van der Waals surface area contributed by atoms with E-state index in [0.29, 0.717) is 51.5 Å². The summed E-state index contributed by atoms with van der Waals surface area (Å²) in [5, 5.41) is 4.22. The molecule has 0 bridgehead atoms. The number of nitrogens with zero attached hydrogens (tertiary/aromatic N) is 2. The largest absolute Gasteiger partial charge is 0.444 e. The molecule has 6 rings (SSSR count). The molecule has 52 heavy (non-hydrogen) atoms. The van der Waals surface area contributed by atoms with Gasteiger partial charge < -0.3 is 29.9 Å². The third kappa shape index (κ3) is 8.81. The monoisotopic (exact) mass is 753 g/mol. The van der Waals surface area contributed by atoms with Crippen LogP contribution >= 0.6 is 0 Å². The summed E-state index contributed by atoms with van der Waals surface area (Å²) in [5.41, 5.74) is 0.425. The molecule has 5 atom stereocenters. The van der Waals surface area contributed by atoms with E-state index in [-0.39, 0.29) is 32.4 Å². The van der Waals surface area contributed by atoms with E-state index in [9.17, 15) is 45.6 Å². The Morgan fingerprint density at radius 3 is 2.52 bits per heavy atom. The van der Waals surface area contributed by atoms with Crippen LogP contribution in [0.5, 0.6) is 0 Å². The molecule has 3 heterocycles. The average molecular weight is 754 g/mol. The van der Waals surface area contributed by atoms with Gasteiger partial charge in [0.25, 0.3) is 5.91 Å². The number of halogens is 3. The number of alkyl carbamates (subject to hydrolysis) is 1. The number of carbonyl (C=O) groups is 5. The molecule has 3 N–H and O–H groups in total. The summed E-state index contributed by atoms with van der Waals surface area (Å²) in [5.74, 6) is -3.07. The van der Waals surface area contributed by atoms with Crippen LogP contribution in [0.3, 0.4) is 0 Å². The molecule has 1 saturated heterocycles. The van der Waals surface area contributed by atoms with Gasteiger partial charge >= 0.3 is 18.4 Å². The Morgan fingerprint density at radius 1 is 1.04 bits per heavy atom. The first-order valence-electron chi connectivity index (χ1n) is 17.5. The van der Waals surface area contributed by atoms with Crippen molar-refractivity contribution in [3.63, 3.8) is 0 Å². The van der Waals surface area contributed by atoms with Crippen molar-refractivity contribution in [3.05, 3.63) is 47.5 Å². The topological polar surface area (TPSA) is 181 Å². The maximum absolute atomic E-state index is 14.1. The number of fused-ring (bicyclic) bond motifs is 3. The minimum atomic E-state index is -4.80. The summed E-state index contributed by atoms with van der Waals surface area (Å²) in [6, 6.07) is 4.91. The van der Waals surface area contributed by atoms with Crippen LogP contribution in [0.4, 0.5) is 22.8 Å². The summed E-state index contributed by atoms with van der Waals surface area (Å²) in [4.78, 5) is 70.1. The number of sulfonamides is 1. The Balaban J connectivity index is 1.24. The van der Waals surface area contributed by atoms with Crippen LogP contribution in [0.25, 0.3) is 0 Å². The Kier molecular flexibility index (Phi) is 10.8. The van der Waals surface area contributed by atoms with Gasteiger partial charge in [-0.05, 0) is 56.1 Å². The maximum atomic E-state index is 14.1. The Hall–Kier alpha value is -4.35. The normalized spacial score (nSPS) is 28.8. The first-order valence-corrected chi connectivity index (χ1v) is 19.1. The molecule has 1 aromatic rings. The lowest BCUT2D eigenvalue weighted by Crippen LogP contribution is -2.58. The van der Waals surface area contributed by atoms with Crippen molar-refractivity contribution in [3.8, 4) is 0 Å². The number of hydrogen-bond acceptors (Lipinski definition) is 9. The third-order valence-corrected chi connectivity index (χ3v) is 12.0. The highest BCUT2D eigenvalue weighted by Crippen LogP contribution is 2.46. The minimum absolute atomic E-state index is 0.0140. The molecule has 284 valence electrons. The molecule has 0 spiro atoms. The lowest BCUT2D eigenvalue weighted by atomic mass is 10.0. The average Bonchev–Trinajstić information content (AvgIpc) is 4.02. The van der Waals surface area contributed by atoms with Crippen molar-refractivity contribution in [1.29, 1.82) is 0 Å². The molecular weight excluding hydrogens is 711 g/mol. The van der Waals surface area contributed by atoms with Gasteiger partial charge in [-0.1, -0.05) is 49.3 Å². The number of rotatable bonds is 6. The predicted octanol–water partition coefficient (Wildman–Crippen LogP) is 2.81. The van der Waals surface area contributed by atoms with Gasteiger partial charge in [0.15, 0.2) is 6.61 Å². The molecule has 3 aliphatic heterocycles. The van der Waals surface area contributed by atoms with Crippen LogP contribution in [0.15, 0.2) is 36.4 Å². The van der Waals surface area contributed by atoms with E-state index in [2.05, 4.69) is 20.1 Å². The van der Waals surface area contributed by atoms with Gasteiger partial charge in [0.1, 0.15) is 23.7 Å². The Labute approximate surface area is 298 Å². The summed E-state index contributed by atoms with van der Waals surface area (Å²) in [7, 11) is -3.97. The van der Waals surface area contributed by atoms with E-state index < -0.39 is 87.6 Å². The zero-order valence-electron chi connectivity index (χ0n) is 28.4. The quantitative estimate of drug-likeness (QED) is 0.369. The number of ether oxygens (including phenoxy) is 2. The van der Waals surface area contributed by atoms with Crippen molar-refractivity contribution in [2.24, 2.45) is 5.92 Å². The van der Waals surface area contributed by atoms with E-state index in [1.54, 1.807) is 6.08 Å². The van der Waals surface area contributed by atoms with Crippen molar-refractivity contribution in [1.82, 2.24) is 25.2 Å². The minimum Gasteiger partial charge on any atom is -0.444 e. The number of hydrogen-bond donors (Lipinski definition) is 3. The zero-order valence-corrected chi connectivity index (χ0v) is 29.2. The second kappa shape index (κ2) is 14.9. The van der Waals surface area contributed by atoms with Gasteiger partial charge in [-0.25, -0.2) is 18.0 Å². The maximum Gasteiger partial charge on any atom is 0.422 e. The fourth-order valence-corrected chi connectivity index (χ4v) is 8.41. The van der Waals surface area contributed by atoms with E-state index in [1.165, 1.54) is 4.90 Å². The van der Waals surface area contributed by atoms with E-state index in [1.807, 2.05) is 30.3 Å². The second-order valence-corrected chi connectivity index (χ2v) is 16.1. The molecule has 14 nitrogen and oxygen atoms in total. The fraction of sp³-hybridized carbons (Fsp3) is 0.618. The zero-order chi connectivity index (χ0) is 37.3. The predicted molar refractivity (Wildman–Crippen MR) is 177 cm³/mol. The lowest BCUT2D eigenvalue weighted by Gasteiger charge is -2.30. The molecule has 2 aliphatic carbocycles. The highest BCUT2D eigenvalue weighted by atomic mass is 32.2. The number of alkyl halides is 3. The van der Waals surface area contributed by atoms with Crippen molar-refractivity contribution < 1.29 is 55.0 Å². The van der Waals surface area contributed by atoms with Crippen LogP contribution in [0.1, 0.15) is 68.9 Å². The molecule has 0 radical (unpaired) electrons. The van der Waals surface area contributed by atoms with Gasteiger partial charge in [-0.3, -0.25) is 19.1 Å². The number of carbonyl (C=O) groups excluding carboxylic acids is 5. The van der Waals surface area contributed by atoms with Crippen molar-refractivity contribution in [2.45, 2.75) is 106 Å². The highest BCUT2D eigenvalue weighted by Gasteiger charge is 2.62. The summed E-state index contributed by atoms with van der Waals surface area (Å²) in [6.45, 7) is -1.50. The summed E-state index contributed by atoms with van der Waals surface area (Å²) < 4.78 is 76.0. The first kappa shape index (κ1) is 37.4. The van der Waals surface area contributed by atoms with Gasteiger partial charge in [-0.15, -0.1) is 0 Å². The SMILES string of the molecule is O=C(N[C@H]1CCCCC/C=C\[C@@H]2C[C@@]2(C(=O)NS(=O)(=O)C2CC2)NC(=O)[C@@H]2C[C@@H](OC(=O)N3CCc4ccccc4C3)CN2C1=O)OCC(F)(F)F. The molecule has 5 aliphatic rings. The van der Waals surface area contributed by atoms with Gasteiger partial charge in [-0.2, -0.15) is 13.2 Å². The number of nitrogens with one attached hydrogen (secondary N) is 3. The van der Waals surface area contributed by atoms with Gasteiger partial charge in [0, 0.05) is 25.4 Å². The van der Waals surface area contributed by atoms with Crippen LogP contribution < -0.4 is 15.4 Å². The molecular formula is C34H42F3N5O9S. The van der Waals surface area contributed by atoms with E-state index in [0.717, 1.165) is 16.0 Å². The standard InChI is InChI=1S/C34H42F3N5O9S/c35-34(36,37)20-50-31(46)38-26-11-5-3-1-2-4-10-23-17-33(23,30(45)40-52(48,49)25-12-13-25)39-28(43)27-16-24(19-42(27)29(26)44)51-32(47)41-15-14-21-8-6-7-9-22(21)18-41/h4,6-10,23-27H,1-3,5,11-20H2,(H,38,46)(H,39,43)(H,40,45)/b10-4-/t23-,24-,26+,27+,33-/m1/s1. The number of allylic oxidation sites excluding steroid dienone is 1. The fourth-order valence-electron chi connectivity index (χ4n) is 7.05. The molecule has 0 unspecified atom stereocenters. The molecule has 18 heteroatoms. The first-order chi connectivity index (χ1) is 24.6. The van der Waals surface area contributed by atoms with E-state index >= 15 is 0 Å². The molecule has 1 aromatic carbocycles. The van der Waals surface area contributed by atoms with Crippen molar-refractivity contribution >= 4 is 39.9 Å².